The fraction of sp³-hybridized carbons (Fsp3) is 0.409. The molecular formula is C22H24ClFN6O. The number of aliphatic imine (C=N–C) groups is 1. The van der Waals surface area contributed by atoms with Crippen LogP contribution < -0.4 is 16.0 Å². The number of aromatic nitrogens is 1. The van der Waals surface area contributed by atoms with Crippen LogP contribution in [0.3, 0.4) is 0 Å². The van der Waals surface area contributed by atoms with E-state index in [0.29, 0.717) is 19.5 Å². The largest absolute Gasteiger partial charge is 0.368 e. The monoisotopic (exact) mass is 442 g/mol. The van der Waals surface area contributed by atoms with Crippen LogP contribution >= 0.6 is 11.6 Å². The van der Waals surface area contributed by atoms with Gasteiger partial charge in [-0.3, -0.25) is 4.99 Å². The molecule has 2 aliphatic heterocycles. The van der Waals surface area contributed by atoms with Crippen molar-refractivity contribution in [2.45, 2.75) is 43.7 Å². The van der Waals surface area contributed by atoms with E-state index in [0.717, 1.165) is 30.2 Å². The molecule has 1 saturated heterocycles. The molecule has 1 aliphatic carbocycles. The smallest absolute Gasteiger partial charge is 0.322 e. The maximum atomic E-state index is 14.1. The minimum atomic E-state index is -0.560. The highest BCUT2D eigenvalue weighted by Gasteiger charge is 2.47. The number of hydrogen-bond donors (Lipinski definition) is 3. The van der Waals surface area contributed by atoms with Gasteiger partial charge in [0.2, 0.25) is 0 Å². The third-order valence-corrected chi connectivity index (χ3v) is 6.47. The molecule has 2 fully saturated rings. The molecule has 1 aromatic carbocycles. The fourth-order valence-corrected chi connectivity index (χ4v) is 4.75. The number of fused-ring (bicyclic) bond motifs is 1. The average molecular weight is 443 g/mol. The lowest BCUT2D eigenvalue weighted by atomic mass is 9.93. The van der Waals surface area contributed by atoms with Crippen molar-refractivity contribution in [1.82, 2.24) is 9.88 Å². The quantitative estimate of drug-likeness (QED) is 0.628. The van der Waals surface area contributed by atoms with Crippen LogP contribution in [0.15, 0.2) is 41.5 Å². The molecule has 1 aromatic heterocycles. The first-order valence-electron chi connectivity index (χ1n) is 10.6. The zero-order valence-corrected chi connectivity index (χ0v) is 17.8. The van der Waals surface area contributed by atoms with E-state index in [1.807, 2.05) is 12.1 Å². The van der Waals surface area contributed by atoms with Crippen molar-refractivity contribution < 1.29 is 9.18 Å². The number of likely N-dealkylation sites (tertiary alicyclic amines) is 1. The number of hydrogen-bond acceptors (Lipinski definition) is 4. The molecular weight excluding hydrogens is 419 g/mol. The van der Waals surface area contributed by atoms with Crippen LogP contribution in [0, 0.1) is 5.82 Å². The Morgan fingerprint density at radius 3 is 2.97 bits per heavy atom. The number of rotatable bonds is 2. The molecule has 3 heterocycles. The lowest BCUT2D eigenvalue weighted by Gasteiger charge is -2.38. The highest BCUT2D eigenvalue weighted by Crippen LogP contribution is 2.36. The van der Waals surface area contributed by atoms with E-state index in [1.54, 1.807) is 17.2 Å². The van der Waals surface area contributed by atoms with Gasteiger partial charge < -0.3 is 20.9 Å². The van der Waals surface area contributed by atoms with E-state index < -0.39 is 11.4 Å². The second-order valence-corrected chi connectivity index (χ2v) is 8.81. The molecule has 162 valence electrons. The normalized spacial score (nSPS) is 24.2. The molecule has 1 saturated carbocycles. The van der Waals surface area contributed by atoms with Gasteiger partial charge in [-0.15, -0.1) is 0 Å². The number of urea groups is 1. The molecule has 7 nitrogen and oxygen atoms in total. The number of amidine groups is 1. The van der Waals surface area contributed by atoms with Crippen molar-refractivity contribution in [1.29, 1.82) is 0 Å². The van der Waals surface area contributed by atoms with Crippen molar-refractivity contribution in [2.75, 3.05) is 29.0 Å². The number of pyridine rings is 1. The van der Waals surface area contributed by atoms with Gasteiger partial charge in [0.15, 0.2) is 5.82 Å². The summed E-state index contributed by atoms with van der Waals surface area (Å²) in [5.74, 6) is 1.02. The summed E-state index contributed by atoms with van der Waals surface area (Å²) >= 11 is 5.81. The van der Waals surface area contributed by atoms with Crippen LogP contribution in [0.1, 0.15) is 32.1 Å². The minimum Gasteiger partial charge on any atom is -0.368 e. The van der Waals surface area contributed by atoms with Gasteiger partial charge in [0.1, 0.15) is 17.2 Å². The maximum Gasteiger partial charge on any atom is 0.322 e. The van der Waals surface area contributed by atoms with E-state index in [1.165, 1.54) is 25.0 Å². The predicted molar refractivity (Wildman–Crippen MR) is 121 cm³/mol. The highest BCUT2D eigenvalue weighted by molar-refractivity contribution is 6.30. The van der Waals surface area contributed by atoms with Gasteiger partial charge >= 0.3 is 6.03 Å². The average Bonchev–Trinajstić information content (AvgIpc) is 3.41. The summed E-state index contributed by atoms with van der Waals surface area (Å²) in [7, 11) is 0. The third kappa shape index (κ3) is 3.92. The third-order valence-electron chi connectivity index (χ3n) is 6.24. The van der Waals surface area contributed by atoms with Gasteiger partial charge in [-0.2, -0.15) is 0 Å². The van der Waals surface area contributed by atoms with Gasteiger partial charge in [-0.1, -0.05) is 24.4 Å². The Bertz CT molecular complexity index is 1040. The van der Waals surface area contributed by atoms with Crippen LogP contribution in [0.4, 0.5) is 26.4 Å². The summed E-state index contributed by atoms with van der Waals surface area (Å²) in [6, 6.07) is 7.99. The summed E-state index contributed by atoms with van der Waals surface area (Å²) in [5, 5.41) is 9.97. The zero-order chi connectivity index (χ0) is 21.4. The van der Waals surface area contributed by atoms with Gasteiger partial charge in [-0.25, -0.2) is 14.2 Å². The van der Waals surface area contributed by atoms with Gasteiger partial charge in [0.05, 0.1) is 24.0 Å². The van der Waals surface area contributed by atoms with E-state index in [9.17, 15) is 9.18 Å². The summed E-state index contributed by atoms with van der Waals surface area (Å²) in [6.07, 6.45) is 6.98. The van der Waals surface area contributed by atoms with Crippen LogP contribution in [-0.4, -0.2) is 46.4 Å². The lowest BCUT2D eigenvalue weighted by Crippen LogP contribution is -2.55. The van der Waals surface area contributed by atoms with Crippen LogP contribution in [0.5, 0.6) is 0 Å². The molecule has 2 aromatic rings. The molecule has 1 atom stereocenters. The van der Waals surface area contributed by atoms with E-state index >= 15 is 0 Å². The molecule has 9 heteroatoms. The minimum absolute atomic E-state index is 0.111. The second-order valence-electron chi connectivity index (χ2n) is 8.37. The second kappa shape index (κ2) is 8.00. The topological polar surface area (TPSA) is 81.7 Å². The highest BCUT2D eigenvalue weighted by atomic mass is 35.5. The maximum absolute atomic E-state index is 14.1. The number of benzene rings is 1. The standard InChI is InChI=1S/C22H24ClFN6O/c23-14-7-8-17(16(24)12-14)27-21(31)30-11-9-22(13-30)20(26-15-4-1-2-5-15)28-19-18(29-22)6-3-10-25-19/h3,6-8,10,12,15,29H,1-2,4-5,9,11,13H2,(H,27,31)(H,25,26,28)/t22-/m0/s1. The number of anilines is 3. The van der Waals surface area contributed by atoms with Crippen molar-refractivity contribution in [3.63, 3.8) is 0 Å². The van der Waals surface area contributed by atoms with Crippen LogP contribution in [0.2, 0.25) is 5.02 Å². The molecule has 0 unspecified atom stereocenters. The first-order valence-corrected chi connectivity index (χ1v) is 11.0. The Morgan fingerprint density at radius 2 is 2.16 bits per heavy atom. The van der Waals surface area contributed by atoms with E-state index in [4.69, 9.17) is 16.6 Å². The molecule has 3 aliphatic rings. The summed E-state index contributed by atoms with van der Waals surface area (Å²) in [4.78, 5) is 24.0. The van der Waals surface area contributed by atoms with Crippen molar-refractivity contribution in [3.8, 4) is 0 Å². The number of carbonyl (C=O) groups excluding carboxylic acids is 1. The van der Waals surface area contributed by atoms with Crippen molar-refractivity contribution in [3.05, 3.63) is 47.4 Å². The fourth-order valence-electron chi connectivity index (χ4n) is 4.59. The van der Waals surface area contributed by atoms with Crippen LogP contribution in [0.25, 0.3) is 0 Å². The Labute approximate surface area is 185 Å². The molecule has 1 spiro atoms. The first kappa shape index (κ1) is 20.1. The molecule has 0 radical (unpaired) electrons. The van der Waals surface area contributed by atoms with Crippen LogP contribution in [-0.2, 0) is 0 Å². The Morgan fingerprint density at radius 1 is 1.32 bits per heavy atom. The van der Waals surface area contributed by atoms with Gasteiger partial charge in [-0.05, 0) is 49.6 Å². The lowest BCUT2D eigenvalue weighted by molar-refractivity contribution is 0.221. The Balaban J connectivity index is 1.39. The summed E-state index contributed by atoms with van der Waals surface area (Å²) < 4.78 is 14.1. The van der Waals surface area contributed by atoms with Crippen molar-refractivity contribution in [2.24, 2.45) is 4.99 Å². The molecule has 0 bridgehead atoms. The first-order chi connectivity index (χ1) is 15.0. The Kier molecular flexibility index (Phi) is 5.17. The molecule has 5 rings (SSSR count). The summed E-state index contributed by atoms with van der Waals surface area (Å²) in [6.45, 7) is 0.940. The van der Waals surface area contributed by atoms with Crippen molar-refractivity contribution >= 4 is 40.7 Å². The number of carbonyl (C=O) groups is 1. The SMILES string of the molecule is O=C(Nc1ccc(Cl)cc1F)N1CC[C@@]2(C1)Nc1cccnc1NC2=NC1CCCC1. The Hall–Kier alpha value is -2.87. The molecule has 2 amide bonds. The number of nitrogens with one attached hydrogen (secondary N) is 3. The number of nitrogens with zero attached hydrogens (tertiary/aromatic N) is 3. The number of amides is 2. The van der Waals surface area contributed by atoms with Gasteiger partial charge in [0, 0.05) is 17.8 Å². The zero-order valence-electron chi connectivity index (χ0n) is 17.0. The molecule has 3 N–H and O–H groups in total. The predicted octanol–water partition coefficient (Wildman–Crippen LogP) is 4.73. The van der Waals surface area contributed by atoms with E-state index in [-0.39, 0.29) is 22.8 Å². The molecule has 31 heavy (non-hydrogen) atoms. The van der Waals surface area contributed by atoms with E-state index in [2.05, 4.69) is 20.9 Å². The summed E-state index contributed by atoms with van der Waals surface area (Å²) in [5.41, 5.74) is 0.479. The van der Waals surface area contributed by atoms with Gasteiger partial charge in [0.25, 0.3) is 0 Å². The number of halogens is 2.